The molecule has 0 unspecified atom stereocenters. The fraction of sp³-hybridized carbons (Fsp3) is 0.381. The number of hydrogen-bond acceptors (Lipinski definition) is 4. The Morgan fingerprint density at radius 3 is 2.50 bits per heavy atom. The number of likely N-dealkylation sites (tertiary alicyclic amines) is 1. The Hall–Kier alpha value is -2.38. The van der Waals surface area contributed by atoms with Crippen LogP contribution in [-0.2, 0) is 10.0 Å². The summed E-state index contributed by atoms with van der Waals surface area (Å²) in [5.41, 5.74) is 1.42. The molecule has 0 saturated carbocycles. The van der Waals surface area contributed by atoms with Gasteiger partial charge >= 0.3 is 0 Å². The lowest BCUT2D eigenvalue weighted by atomic mass is 10.1. The molecule has 0 atom stereocenters. The highest BCUT2D eigenvalue weighted by Crippen LogP contribution is 2.21. The van der Waals surface area contributed by atoms with E-state index in [2.05, 4.69) is 14.9 Å². The molecule has 1 heterocycles. The number of nitrogens with one attached hydrogen (secondary N) is 2. The summed E-state index contributed by atoms with van der Waals surface area (Å²) < 4.78 is 28.1. The van der Waals surface area contributed by atoms with Gasteiger partial charge in [0.1, 0.15) is 0 Å². The second kappa shape index (κ2) is 9.21. The van der Waals surface area contributed by atoms with E-state index in [1.165, 1.54) is 18.9 Å². The second-order valence-corrected chi connectivity index (χ2v) is 8.76. The predicted octanol–water partition coefficient (Wildman–Crippen LogP) is 3.01. The van der Waals surface area contributed by atoms with Gasteiger partial charge in [-0.25, -0.2) is 8.42 Å². The molecule has 2 aromatic rings. The molecule has 3 rings (SSSR count). The maximum absolute atomic E-state index is 12.8. The molecule has 0 radical (unpaired) electrons. The summed E-state index contributed by atoms with van der Waals surface area (Å²) in [7, 11) is -3.77. The number of carbonyl (C=O) groups excluding carboxylic acids is 1. The van der Waals surface area contributed by atoms with Crippen LogP contribution in [0.4, 0.5) is 5.69 Å². The van der Waals surface area contributed by atoms with Crippen LogP contribution in [0, 0.1) is 6.92 Å². The summed E-state index contributed by atoms with van der Waals surface area (Å²) in [6.45, 7) is 5.56. The molecule has 2 N–H and O–H groups in total. The van der Waals surface area contributed by atoms with Crippen LogP contribution in [0.3, 0.4) is 0 Å². The first-order chi connectivity index (χ1) is 13.5. The van der Waals surface area contributed by atoms with Gasteiger partial charge in [-0.05, 0) is 75.6 Å². The molecule has 150 valence electrons. The highest BCUT2D eigenvalue weighted by Gasteiger charge is 2.19. The summed E-state index contributed by atoms with van der Waals surface area (Å²) in [5.74, 6) is -0.252. The van der Waals surface area contributed by atoms with Gasteiger partial charge in [-0.1, -0.05) is 24.3 Å². The topological polar surface area (TPSA) is 78.5 Å². The molecule has 6 nitrogen and oxygen atoms in total. The molecule has 1 fully saturated rings. The first-order valence-corrected chi connectivity index (χ1v) is 11.1. The van der Waals surface area contributed by atoms with E-state index in [1.54, 1.807) is 43.3 Å². The van der Waals surface area contributed by atoms with Crippen LogP contribution in [0.25, 0.3) is 0 Å². The van der Waals surface area contributed by atoms with Crippen LogP contribution in [0.2, 0.25) is 0 Å². The van der Waals surface area contributed by atoms with Crippen LogP contribution < -0.4 is 10.0 Å². The average molecular weight is 402 g/mol. The number of carbonyl (C=O) groups is 1. The molecular weight excluding hydrogens is 374 g/mol. The third-order valence-corrected chi connectivity index (χ3v) is 6.42. The summed E-state index contributed by atoms with van der Waals surface area (Å²) in [6.07, 6.45) is 3.40. The van der Waals surface area contributed by atoms with E-state index < -0.39 is 10.0 Å². The van der Waals surface area contributed by atoms with E-state index in [9.17, 15) is 13.2 Å². The van der Waals surface area contributed by atoms with Crippen LogP contribution in [0.5, 0.6) is 0 Å². The van der Waals surface area contributed by atoms with Crippen LogP contribution in [0.15, 0.2) is 53.4 Å². The molecule has 0 aliphatic carbocycles. The molecule has 0 aromatic heterocycles. The summed E-state index contributed by atoms with van der Waals surface area (Å²) in [5, 5.41) is 2.89. The quantitative estimate of drug-likeness (QED) is 0.667. The lowest BCUT2D eigenvalue weighted by Crippen LogP contribution is -2.28. The van der Waals surface area contributed by atoms with Gasteiger partial charge < -0.3 is 10.2 Å². The van der Waals surface area contributed by atoms with Crippen molar-refractivity contribution in [2.24, 2.45) is 0 Å². The van der Waals surface area contributed by atoms with Crippen molar-refractivity contribution < 1.29 is 13.2 Å². The first-order valence-electron chi connectivity index (χ1n) is 9.65. The minimum absolute atomic E-state index is 0.112. The van der Waals surface area contributed by atoms with Crippen molar-refractivity contribution in [1.29, 1.82) is 0 Å². The zero-order valence-electron chi connectivity index (χ0n) is 16.1. The Bertz CT molecular complexity index is 908. The van der Waals surface area contributed by atoms with E-state index in [-0.39, 0.29) is 10.8 Å². The van der Waals surface area contributed by atoms with Crippen molar-refractivity contribution in [2.45, 2.75) is 31.1 Å². The number of amides is 1. The zero-order chi connectivity index (χ0) is 20.0. The number of rotatable bonds is 8. The predicted molar refractivity (Wildman–Crippen MR) is 111 cm³/mol. The van der Waals surface area contributed by atoms with E-state index in [1.807, 2.05) is 6.07 Å². The van der Waals surface area contributed by atoms with Crippen molar-refractivity contribution in [3.05, 3.63) is 59.7 Å². The minimum Gasteiger partial charge on any atom is -0.352 e. The molecule has 28 heavy (non-hydrogen) atoms. The Morgan fingerprint density at radius 2 is 1.79 bits per heavy atom. The number of benzene rings is 2. The minimum atomic E-state index is -3.77. The molecule has 1 aliphatic rings. The average Bonchev–Trinajstić information content (AvgIpc) is 3.19. The Balaban J connectivity index is 1.63. The van der Waals surface area contributed by atoms with E-state index in [0.29, 0.717) is 23.4 Å². The maximum atomic E-state index is 12.8. The lowest BCUT2D eigenvalue weighted by molar-refractivity contribution is 0.0952. The van der Waals surface area contributed by atoms with E-state index in [4.69, 9.17) is 0 Å². The molecule has 0 bridgehead atoms. The van der Waals surface area contributed by atoms with Crippen LogP contribution in [-0.4, -0.2) is 45.4 Å². The van der Waals surface area contributed by atoms with E-state index in [0.717, 1.165) is 26.1 Å². The molecule has 7 heteroatoms. The molecule has 2 aromatic carbocycles. The van der Waals surface area contributed by atoms with Gasteiger partial charge in [-0.15, -0.1) is 0 Å². The summed E-state index contributed by atoms with van der Waals surface area (Å²) in [4.78, 5) is 15.0. The molecule has 1 amide bonds. The highest BCUT2D eigenvalue weighted by molar-refractivity contribution is 7.92. The van der Waals surface area contributed by atoms with E-state index >= 15 is 0 Å². The van der Waals surface area contributed by atoms with Gasteiger partial charge in [-0.2, -0.15) is 0 Å². The second-order valence-electron chi connectivity index (χ2n) is 7.11. The number of para-hydroxylation sites is 1. The van der Waals surface area contributed by atoms with Crippen molar-refractivity contribution in [2.75, 3.05) is 30.9 Å². The summed E-state index contributed by atoms with van der Waals surface area (Å²) >= 11 is 0. The highest BCUT2D eigenvalue weighted by atomic mass is 32.2. The van der Waals surface area contributed by atoms with Crippen molar-refractivity contribution >= 4 is 21.6 Å². The number of anilines is 1. The number of nitrogens with zero attached hydrogens (tertiary/aromatic N) is 1. The van der Waals surface area contributed by atoms with Crippen molar-refractivity contribution in [1.82, 2.24) is 10.2 Å². The third kappa shape index (κ3) is 5.33. The van der Waals surface area contributed by atoms with Crippen LogP contribution in [0.1, 0.15) is 35.2 Å². The monoisotopic (exact) mass is 401 g/mol. The Labute approximate surface area is 167 Å². The van der Waals surface area contributed by atoms with Crippen LogP contribution >= 0.6 is 0 Å². The smallest absolute Gasteiger partial charge is 0.262 e. The van der Waals surface area contributed by atoms with Gasteiger partial charge in [0.2, 0.25) is 0 Å². The maximum Gasteiger partial charge on any atom is 0.262 e. The summed E-state index contributed by atoms with van der Waals surface area (Å²) in [6, 6.07) is 13.5. The fourth-order valence-electron chi connectivity index (χ4n) is 3.36. The van der Waals surface area contributed by atoms with Gasteiger partial charge in [0, 0.05) is 17.8 Å². The molecular formula is C21H27N3O3S. The SMILES string of the molecule is Cc1ccc(C(=O)NCCCN2CCCC2)cc1S(=O)(=O)Nc1ccccc1. The normalized spacial score (nSPS) is 14.8. The van der Waals surface area contributed by atoms with Gasteiger partial charge in [0.15, 0.2) is 0 Å². The number of aryl methyl sites for hydroxylation is 1. The third-order valence-electron chi connectivity index (χ3n) is 4.90. The Kier molecular flexibility index (Phi) is 6.70. The first kappa shape index (κ1) is 20.4. The standard InChI is InChI=1S/C21H27N3O3S/c1-17-10-11-18(21(25)22-12-7-15-24-13-5-6-14-24)16-20(17)28(26,27)23-19-8-3-2-4-9-19/h2-4,8-11,16,23H,5-7,12-15H2,1H3,(H,22,25). The zero-order valence-corrected chi connectivity index (χ0v) is 17.0. The van der Waals surface area contributed by atoms with Crippen molar-refractivity contribution in [3.63, 3.8) is 0 Å². The fourth-order valence-corrected chi connectivity index (χ4v) is 4.69. The number of sulfonamides is 1. The van der Waals surface area contributed by atoms with Gasteiger partial charge in [0.25, 0.3) is 15.9 Å². The molecule has 1 saturated heterocycles. The lowest BCUT2D eigenvalue weighted by Gasteiger charge is -2.15. The molecule has 1 aliphatic heterocycles. The largest absolute Gasteiger partial charge is 0.352 e. The van der Waals surface area contributed by atoms with Gasteiger partial charge in [0.05, 0.1) is 4.90 Å². The number of hydrogen-bond donors (Lipinski definition) is 2. The Morgan fingerprint density at radius 1 is 1.07 bits per heavy atom. The molecule has 0 spiro atoms. The van der Waals surface area contributed by atoms with Crippen molar-refractivity contribution in [3.8, 4) is 0 Å². The van der Waals surface area contributed by atoms with Gasteiger partial charge in [-0.3, -0.25) is 9.52 Å².